The van der Waals surface area contributed by atoms with Gasteiger partial charge in [-0.05, 0) is 67.7 Å². The molecule has 34 heavy (non-hydrogen) atoms. The first-order valence-electron chi connectivity index (χ1n) is 10.3. The number of fused-ring (bicyclic) bond motifs is 1. The lowest BCUT2D eigenvalue weighted by Gasteiger charge is -2.33. The third kappa shape index (κ3) is 7.26. The van der Waals surface area contributed by atoms with Crippen LogP contribution in [0.4, 0.5) is 13.2 Å². The fourth-order valence-electron chi connectivity index (χ4n) is 4.09. The van der Waals surface area contributed by atoms with E-state index < -0.39 is 12.5 Å². The largest absolute Gasteiger partial charge is 0.573 e. The first-order chi connectivity index (χ1) is 15.2. The fraction of sp³-hybridized carbons (Fsp3) is 0.409. The van der Waals surface area contributed by atoms with E-state index >= 15 is 0 Å². The second-order valence-corrected chi connectivity index (χ2v) is 9.47. The number of rotatable bonds is 6. The minimum absolute atomic E-state index is 0. The molecule has 1 fully saturated rings. The number of benzene rings is 2. The summed E-state index contributed by atoms with van der Waals surface area (Å²) < 4.78 is 43.8. The highest BCUT2D eigenvalue weighted by Crippen LogP contribution is 2.27. The summed E-state index contributed by atoms with van der Waals surface area (Å²) in [6, 6.07) is 11.0. The number of nitrogens with zero attached hydrogens (tertiary/aromatic N) is 2. The Balaban J connectivity index is 0.00000204. The van der Waals surface area contributed by atoms with Crippen molar-refractivity contribution in [2.75, 3.05) is 19.6 Å². The Bertz CT molecular complexity index is 1130. The van der Waals surface area contributed by atoms with Gasteiger partial charge >= 0.3 is 6.36 Å². The molecule has 2 heterocycles. The lowest BCUT2D eigenvalue weighted by Crippen LogP contribution is -2.38. The third-order valence-corrected chi connectivity index (χ3v) is 6.94. The van der Waals surface area contributed by atoms with Crippen LogP contribution in [0.5, 0.6) is 5.75 Å². The summed E-state index contributed by atoms with van der Waals surface area (Å²) in [5.41, 5.74) is 1.58. The standard InChI is InChI=1S/C22H23ClF3N3O2S.2ClH/c23-16-3-6-18-20(11-16)32-21(27)29(18)12-14-7-9-28(10-8-14)13-19(30)15-1-4-17(5-2-15)31-22(24,25)26;;/h1-6,11,14,19,27,30H,7-10,12-13H2;2*1H/t19-;;/m0../s1. The number of hydrogen-bond acceptors (Lipinski definition) is 5. The van der Waals surface area contributed by atoms with E-state index in [9.17, 15) is 18.3 Å². The van der Waals surface area contributed by atoms with Crippen LogP contribution in [0.15, 0.2) is 42.5 Å². The molecule has 188 valence electrons. The molecule has 12 heteroatoms. The number of hydrogen-bond donors (Lipinski definition) is 2. The minimum atomic E-state index is -4.73. The molecule has 5 nitrogen and oxygen atoms in total. The Morgan fingerprint density at radius 1 is 1.12 bits per heavy atom. The Kier molecular flexibility index (Phi) is 10.1. The SMILES string of the molecule is Cl.Cl.N=c1sc2cc(Cl)ccc2n1CC1CCN(C[C@H](O)c2ccc(OC(F)(F)F)cc2)CC1. The molecule has 1 saturated heterocycles. The van der Waals surface area contributed by atoms with Crippen molar-refractivity contribution in [3.8, 4) is 5.75 Å². The second kappa shape index (κ2) is 12.0. The molecule has 1 aromatic heterocycles. The van der Waals surface area contributed by atoms with Gasteiger partial charge in [-0.3, -0.25) is 5.41 Å². The topological polar surface area (TPSA) is 61.5 Å². The number of aliphatic hydroxyl groups excluding tert-OH is 1. The van der Waals surface area contributed by atoms with Crippen molar-refractivity contribution in [1.29, 1.82) is 5.41 Å². The van der Waals surface area contributed by atoms with E-state index in [1.165, 1.54) is 35.6 Å². The number of aromatic nitrogens is 1. The van der Waals surface area contributed by atoms with E-state index in [1.54, 1.807) is 0 Å². The van der Waals surface area contributed by atoms with Gasteiger partial charge in [-0.25, -0.2) is 0 Å². The third-order valence-electron chi connectivity index (χ3n) is 5.74. The average Bonchev–Trinajstić information content (AvgIpc) is 3.03. The number of piperidine rings is 1. The van der Waals surface area contributed by atoms with E-state index in [2.05, 4.69) is 9.64 Å². The lowest BCUT2D eigenvalue weighted by atomic mass is 9.96. The van der Waals surface area contributed by atoms with Crippen LogP contribution in [0.25, 0.3) is 10.2 Å². The first-order valence-corrected chi connectivity index (χ1v) is 11.5. The van der Waals surface area contributed by atoms with Crippen LogP contribution in [0, 0.1) is 11.3 Å². The van der Waals surface area contributed by atoms with E-state index in [4.69, 9.17) is 17.0 Å². The summed E-state index contributed by atoms with van der Waals surface area (Å²) in [7, 11) is 0. The van der Waals surface area contributed by atoms with E-state index in [0.29, 0.717) is 27.9 Å². The predicted molar refractivity (Wildman–Crippen MR) is 132 cm³/mol. The molecule has 0 radical (unpaired) electrons. The summed E-state index contributed by atoms with van der Waals surface area (Å²) >= 11 is 7.49. The van der Waals surface area contributed by atoms with Crippen LogP contribution in [0.3, 0.4) is 0 Å². The molecular formula is C22H25Cl3F3N3O2S. The van der Waals surface area contributed by atoms with E-state index in [0.717, 1.165) is 42.7 Å². The Morgan fingerprint density at radius 2 is 1.76 bits per heavy atom. The predicted octanol–water partition coefficient (Wildman–Crippen LogP) is 6.02. The van der Waals surface area contributed by atoms with Gasteiger partial charge in [0.25, 0.3) is 0 Å². The van der Waals surface area contributed by atoms with Crippen molar-refractivity contribution < 1.29 is 23.0 Å². The number of nitrogens with one attached hydrogen (secondary N) is 1. The van der Waals surface area contributed by atoms with Crippen molar-refractivity contribution in [3.05, 3.63) is 57.9 Å². The molecule has 0 unspecified atom stereocenters. The zero-order chi connectivity index (χ0) is 22.9. The molecule has 1 aliphatic heterocycles. The van der Waals surface area contributed by atoms with Crippen LogP contribution < -0.4 is 9.54 Å². The molecular weight excluding hydrogens is 534 g/mol. The van der Waals surface area contributed by atoms with Crippen LogP contribution >= 0.6 is 47.8 Å². The van der Waals surface area contributed by atoms with Crippen molar-refractivity contribution in [1.82, 2.24) is 9.47 Å². The molecule has 2 aromatic carbocycles. The maximum atomic E-state index is 12.3. The summed E-state index contributed by atoms with van der Waals surface area (Å²) in [4.78, 5) is 2.68. The number of alkyl halides is 3. The van der Waals surface area contributed by atoms with Gasteiger partial charge < -0.3 is 19.3 Å². The summed E-state index contributed by atoms with van der Waals surface area (Å²) in [6.45, 7) is 2.83. The maximum Gasteiger partial charge on any atom is 0.573 e. The smallest absolute Gasteiger partial charge is 0.406 e. The molecule has 0 saturated carbocycles. The number of likely N-dealkylation sites (tertiary alicyclic amines) is 1. The molecule has 0 bridgehead atoms. The highest BCUT2D eigenvalue weighted by atomic mass is 35.5. The van der Waals surface area contributed by atoms with Crippen LogP contribution in [-0.2, 0) is 6.54 Å². The van der Waals surface area contributed by atoms with Crippen LogP contribution in [0.1, 0.15) is 24.5 Å². The summed E-state index contributed by atoms with van der Waals surface area (Å²) in [6.07, 6.45) is -3.62. The van der Waals surface area contributed by atoms with Crippen molar-refractivity contribution in [2.24, 2.45) is 5.92 Å². The van der Waals surface area contributed by atoms with Gasteiger partial charge in [-0.2, -0.15) is 0 Å². The van der Waals surface area contributed by atoms with Gasteiger partial charge in [0.05, 0.1) is 16.3 Å². The highest BCUT2D eigenvalue weighted by Gasteiger charge is 2.31. The fourth-order valence-corrected chi connectivity index (χ4v) is 5.29. The van der Waals surface area contributed by atoms with Gasteiger partial charge in [0.1, 0.15) is 5.75 Å². The number of halogens is 6. The Morgan fingerprint density at radius 3 is 2.38 bits per heavy atom. The summed E-state index contributed by atoms with van der Waals surface area (Å²) in [5.74, 6) is 0.133. The number of β-amino-alcohol motifs (C(OH)–C–C–N with tert-alkyl or cyclic N) is 1. The monoisotopic (exact) mass is 557 g/mol. The minimum Gasteiger partial charge on any atom is -0.406 e. The zero-order valence-corrected chi connectivity index (χ0v) is 21.1. The molecule has 3 aromatic rings. The average molecular weight is 559 g/mol. The van der Waals surface area contributed by atoms with Gasteiger partial charge in [-0.15, -0.1) is 38.0 Å². The van der Waals surface area contributed by atoms with Crippen molar-refractivity contribution in [3.63, 3.8) is 0 Å². The van der Waals surface area contributed by atoms with Crippen LogP contribution in [0.2, 0.25) is 5.02 Å². The van der Waals surface area contributed by atoms with Crippen LogP contribution in [-0.4, -0.2) is 40.6 Å². The first kappa shape index (κ1) is 28.7. The Labute approximate surface area is 216 Å². The highest BCUT2D eigenvalue weighted by molar-refractivity contribution is 7.16. The molecule has 2 N–H and O–H groups in total. The summed E-state index contributed by atoms with van der Waals surface area (Å²) in [5, 5.41) is 19.5. The molecule has 0 aliphatic carbocycles. The second-order valence-electron chi connectivity index (χ2n) is 8.01. The van der Waals surface area contributed by atoms with Gasteiger partial charge in [0.15, 0.2) is 4.80 Å². The lowest BCUT2D eigenvalue weighted by molar-refractivity contribution is -0.274. The zero-order valence-electron chi connectivity index (χ0n) is 17.9. The maximum absolute atomic E-state index is 12.3. The molecule has 1 atom stereocenters. The van der Waals surface area contributed by atoms with E-state index in [1.807, 2.05) is 22.8 Å². The van der Waals surface area contributed by atoms with Gasteiger partial charge in [-0.1, -0.05) is 35.1 Å². The quantitative estimate of drug-likeness (QED) is 0.389. The number of aliphatic hydroxyl groups is 1. The van der Waals surface area contributed by atoms with Crippen molar-refractivity contribution in [2.45, 2.75) is 31.9 Å². The molecule has 1 aliphatic rings. The van der Waals surface area contributed by atoms with Gasteiger partial charge in [0.2, 0.25) is 0 Å². The number of ether oxygens (including phenoxy) is 1. The van der Waals surface area contributed by atoms with Crippen molar-refractivity contribution >= 4 is 58.0 Å². The molecule has 0 spiro atoms. The van der Waals surface area contributed by atoms with Gasteiger partial charge in [0, 0.05) is 18.1 Å². The molecule has 0 amide bonds. The Hall–Kier alpha value is -1.49. The number of thiazole rings is 1. The normalized spacial score (nSPS) is 16.0. The van der Waals surface area contributed by atoms with E-state index in [-0.39, 0.29) is 30.6 Å². The molecule has 4 rings (SSSR count).